The van der Waals surface area contributed by atoms with Crippen LogP contribution in [0.2, 0.25) is 0 Å². The number of nitrogen functional groups attached to an aromatic ring is 1. The summed E-state index contributed by atoms with van der Waals surface area (Å²) < 4.78 is 4.89. The fourth-order valence-electron chi connectivity index (χ4n) is 3.46. The van der Waals surface area contributed by atoms with Crippen molar-refractivity contribution in [2.75, 3.05) is 12.8 Å². The Morgan fingerprint density at radius 1 is 1.40 bits per heavy atom. The number of anilines is 1. The summed E-state index contributed by atoms with van der Waals surface area (Å²) in [6.07, 6.45) is 6.09. The summed E-state index contributed by atoms with van der Waals surface area (Å²) in [7, 11) is 1.42. The van der Waals surface area contributed by atoms with Crippen LogP contribution in [0.25, 0.3) is 0 Å². The minimum absolute atomic E-state index is 0.227. The van der Waals surface area contributed by atoms with Crippen molar-refractivity contribution < 1.29 is 9.53 Å². The Hall–Kier alpha value is -1.03. The summed E-state index contributed by atoms with van der Waals surface area (Å²) in [6.45, 7) is 6.56. The molecule has 0 aliphatic heterocycles. The lowest BCUT2D eigenvalue weighted by Crippen LogP contribution is -2.21. The number of nitrogens with two attached hydrogens (primary N) is 1. The summed E-state index contributed by atoms with van der Waals surface area (Å²) in [5.74, 6) is 0.0357. The van der Waals surface area contributed by atoms with E-state index in [0.717, 1.165) is 6.42 Å². The van der Waals surface area contributed by atoms with E-state index in [9.17, 15) is 4.79 Å². The summed E-state index contributed by atoms with van der Waals surface area (Å²) in [4.78, 5) is 13.9. The van der Waals surface area contributed by atoms with Gasteiger partial charge in [-0.25, -0.2) is 4.79 Å². The highest BCUT2D eigenvalue weighted by Gasteiger charge is 2.39. The van der Waals surface area contributed by atoms with Crippen molar-refractivity contribution in [3.63, 3.8) is 0 Å². The number of rotatable bonds is 4. The van der Waals surface area contributed by atoms with Crippen LogP contribution in [-0.4, -0.2) is 13.1 Å². The van der Waals surface area contributed by atoms with E-state index >= 15 is 0 Å². The van der Waals surface area contributed by atoms with Crippen LogP contribution in [0.4, 0.5) is 5.69 Å². The Balaban J connectivity index is 2.59. The Labute approximate surface area is 125 Å². The molecule has 1 aromatic rings. The van der Waals surface area contributed by atoms with Gasteiger partial charge in [0.2, 0.25) is 0 Å². The number of methoxy groups -OCH3 is 1. The van der Waals surface area contributed by atoms with Crippen LogP contribution in [0.5, 0.6) is 0 Å². The molecule has 20 heavy (non-hydrogen) atoms. The molecule has 1 aliphatic rings. The lowest BCUT2D eigenvalue weighted by atomic mass is 9.78. The molecule has 0 aromatic carbocycles. The molecule has 0 unspecified atom stereocenters. The third-order valence-corrected chi connectivity index (χ3v) is 6.10. The predicted molar refractivity (Wildman–Crippen MR) is 84.6 cm³/mol. The maximum atomic E-state index is 11.9. The zero-order chi connectivity index (χ0) is 14.9. The second-order valence-electron chi connectivity index (χ2n) is 6.07. The Bertz CT molecular complexity index is 499. The second-order valence-corrected chi connectivity index (χ2v) is 7.10. The van der Waals surface area contributed by atoms with Gasteiger partial charge in [-0.05, 0) is 30.7 Å². The molecule has 0 saturated heterocycles. The Kier molecular flexibility index (Phi) is 4.43. The predicted octanol–water partition coefficient (Wildman–Crippen LogP) is 4.46. The van der Waals surface area contributed by atoms with Gasteiger partial charge in [0.1, 0.15) is 4.88 Å². The second kappa shape index (κ2) is 5.76. The lowest BCUT2D eigenvalue weighted by molar-refractivity contribution is 0.0607. The van der Waals surface area contributed by atoms with Gasteiger partial charge < -0.3 is 10.5 Å². The summed E-state index contributed by atoms with van der Waals surface area (Å²) >= 11 is 1.57. The van der Waals surface area contributed by atoms with Crippen molar-refractivity contribution in [3.05, 3.63) is 15.3 Å². The number of thiophene rings is 1. The standard InChI is InChI=1S/C16H25NO2S/c1-5-16(8-6-7-9-16)14-11(10(2)3)12(17)13(20-14)15(18)19-4/h10H,5-9,17H2,1-4H3. The number of esters is 1. The molecule has 2 N–H and O–H groups in total. The minimum Gasteiger partial charge on any atom is -0.465 e. The van der Waals surface area contributed by atoms with Gasteiger partial charge in [-0.1, -0.05) is 33.6 Å². The molecule has 0 bridgehead atoms. The van der Waals surface area contributed by atoms with E-state index in [1.54, 1.807) is 11.3 Å². The third-order valence-electron chi connectivity index (χ3n) is 4.65. The van der Waals surface area contributed by atoms with Gasteiger partial charge in [0, 0.05) is 10.3 Å². The monoisotopic (exact) mass is 295 g/mol. The number of carbonyl (C=O) groups is 1. The molecular weight excluding hydrogens is 270 g/mol. The summed E-state index contributed by atoms with van der Waals surface area (Å²) in [6, 6.07) is 0. The molecule has 2 rings (SSSR count). The molecular formula is C16H25NO2S. The fourth-order valence-corrected chi connectivity index (χ4v) is 5.07. The van der Waals surface area contributed by atoms with Gasteiger partial charge in [-0.3, -0.25) is 0 Å². The van der Waals surface area contributed by atoms with Crippen molar-refractivity contribution in [1.29, 1.82) is 0 Å². The fraction of sp³-hybridized carbons (Fsp3) is 0.688. The minimum atomic E-state index is -0.301. The SMILES string of the molecule is CCC1(c2sc(C(=O)OC)c(N)c2C(C)C)CCCC1. The molecule has 1 saturated carbocycles. The van der Waals surface area contributed by atoms with Crippen LogP contribution >= 0.6 is 11.3 Å². The van der Waals surface area contributed by atoms with Gasteiger partial charge in [-0.2, -0.15) is 0 Å². The first-order valence-corrected chi connectivity index (χ1v) is 8.29. The van der Waals surface area contributed by atoms with Crippen molar-refractivity contribution in [2.24, 2.45) is 0 Å². The Morgan fingerprint density at radius 2 is 2.00 bits per heavy atom. The molecule has 0 amide bonds. The molecule has 1 aliphatic carbocycles. The largest absolute Gasteiger partial charge is 0.465 e. The van der Waals surface area contributed by atoms with E-state index in [1.165, 1.54) is 43.2 Å². The van der Waals surface area contributed by atoms with E-state index in [1.807, 2.05) is 0 Å². The van der Waals surface area contributed by atoms with Gasteiger partial charge in [0.05, 0.1) is 12.8 Å². The molecule has 112 valence electrons. The van der Waals surface area contributed by atoms with Crippen LogP contribution in [0.3, 0.4) is 0 Å². The first-order valence-electron chi connectivity index (χ1n) is 7.47. The van der Waals surface area contributed by atoms with E-state index < -0.39 is 0 Å². The normalized spacial score (nSPS) is 17.6. The van der Waals surface area contributed by atoms with Gasteiger partial charge in [0.15, 0.2) is 0 Å². The average molecular weight is 295 g/mol. The highest BCUT2D eigenvalue weighted by atomic mass is 32.1. The number of carbonyl (C=O) groups excluding carboxylic acids is 1. The van der Waals surface area contributed by atoms with E-state index in [4.69, 9.17) is 10.5 Å². The molecule has 3 nitrogen and oxygen atoms in total. The van der Waals surface area contributed by atoms with Crippen molar-refractivity contribution >= 4 is 23.0 Å². The number of hydrogen-bond donors (Lipinski definition) is 1. The van der Waals surface area contributed by atoms with Crippen molar-refractivity contribution in [3.8, 4) is 0 Å². The highest BCUT2D eigenvalue weighted by molar-refractivity contribution is 7.15. The van der Waals surface area contributed by atoms with E-state index in [0.29, 0.717) is 16.5 Å². The van der Waals surface area contributed by atoms with Crippen LogP contribution in [0.1, 0.15) is 78.9 Å². The molecule has 0 atom stereocenters. The van der Waals surface area contributed by atoms with Gasteiger partial charge in [0.25, 0.3) is 0 Å². The number of hydrogen-bond acceptors (Lipinski definition) is 4. The van der Waals surface area contributed by atoms with Crippen molar-refractivity contribution in [1.82, 2.24) is 0 Å². The lowest BCUT2D eigenvalue weighted by Gasteiger charge is -2.29. The first-order chi connectivity index (χ1) is 9.46. The molecule has 0 spiro atoms. The third kappa shape index (κ3) is 2.34. The molecule has 1 fully saturated rings. The van der Waals surface area contributed by atoms with Gasteiger partial charge >= 0.3 is 5.97 Å². The van der Waals surface area contributed by atoms with E-state index in [2.05, 4.69) is 20.8 Å². The van der Waals surface area contributed by atoms with Gasteiger partial charge in [-0.15, -0.1) is 11.3 Å². The molecule has 4 heteroatoms. The smallest absolute Gasteiger partial charge is 0.350 e. The molecule has 1 aromatic heterocycles. The first kappa shape index (κ1) is 15.4. The Morgan fingerprint density at radius 3 is 2.45 bits per heavy atom. The van der Waals surface area contributed by atoms with Crippen LogP contribution in [0.15, 0.2) is 0 Å². The quantitative estimate of drug-likeness (QED) is 0.834. The van der Waals surface area contributed by atoms with Crippen LogP contribution in [0, 0.1) is 0 Å². The zero-order valence-electron chi connectivity index (χ0n) is 12.9. The molecule has 0 radical (unpaired) electrons. The average Bonchev–Trinajstić information content (AvgIpc) is 3.02. The highest BCUT2D eigenvalue weighted by Crippen LogP contribution is 2.51. The van der Waals surface area contributed by atoms with E-state index in [-0.39, 0.29) is 11.4 Å². The summed E-state index contributed by atoms with van der Waals surface area (Å²) in [5, 5.41) is 0. The van der Waals surface area contributed by atoms with Crippen molar-refractivity contribution in [2.45, 2.75) is 64.2 Å². The van der Waals surface area contributed by atoms with Crippen LogP contribution < -0.4 is 5.73 Å². The van der Waals surface area contributed by atoms with Crippen LogP contribution in [-0.2, 0) is 10.2 Å². The topological polar surface area (TPSA) is 52.3 Å². The molecule has 1 heterocycles. The number of ether oxygens (including phenoxy) is 1. The summed E-state index contributed by atoms with van der Waals surface area (Å²) in [5.41, 5.74) is 8.32. The zero-order valence-corrected chi connectivity index (χ0v) is 13.7. The maximum absolute atomic E-state index is 11.9. The maximum Gasteiger partial charge on any atom is 0.350 e.